The van der Waals surface area contributed by atoms with Gasteiger partial charge in [0.05, 0.1) is 11.4 Å². The van der Waals surface area contributed by atoms with Gasteiger partial charge in [0.25, 0.3) is 5.91 Å². The molecule has 5 nitrogen and oxygen atoms in total. The van der Waals surface area contributed by atoms with Crippen LogP contribution in [0.3, 0.4) is 0 Å². The van der Waals surface area contributed by atoms with Crippen LogP contribution in [0.4, 0.5) is 11.4 Å². The number of sulfonamides is 1. The van der Waals surface area contributed by atoms with E-state index in [-0.39, 0.29) is 11.7 Å². The van der Waals surface area contributed by atoms with Crippen molar-refractivity contribution in [2.75, 3.05) is 15.8 Å². The molecule has 1 amide bonds. The molecule has 0 aliphatic heterocycles. The molecule has 0 unspecified atom stereocenters. The summed E-state index contributed by atoms with van der Waals surface area (Å²) in [6.07, 6.45) is 4.51. The van der Waals surface area contributed by atoms with E-state index in [0.29, 0.717) is 16.9 Å². The first-order chi connectivity index (χ1) is 12.4. The maximum absolute atomic E-state index is 12.5. The molecule has 6 heteroatoms. The van der Waals surface area contributed by atoms with Gasteiger partial charge in [-0.25, -0.2) is 8.42 Å². The zero-order valence-electron chi connectivity index (χ0n) is 15.1. The van der Waals surface area contributed by atoms with Crippen LogP contribution in [0.25, 0.3) is 0 Å². The van der Waals surface area contributed by atoms with Gasteiger partial charge < -0.3 is 5.32 Å². The van der Waals surface area contributed by atoms with Crippen LogP contribution in [0.15, 0.2) is 36.4 Å². The number of carbonyl (C=O) groups excluding carboxylic acids is 1. The third kappa shape index (κ3) is 4.25. The number of nitrogens with one attached hydrogen (secondary N) is 2. The van der Waals surface area contributed by atoms with Gasteiger partial charge >= 0.3 is 0 Å². The Morgan fingerprint density at radius 1 is 1.04 bits per heavy atom. The number of fused-ring (bicyclic) bond motifs is 1. The van der Waals surface area contributed by atoms with Gasteiger partial charge in [-0.15, -0.1) is 0 Å². The highest BCUT2D eigenvalue weighted by molar-refractivity contribution is 7.92. The smallest absolute Gasteiger partial charge is 0.255 e. The van der Waals surface area contributed by atoms with Crippen LogP contribution in [0.5, 0.6) is 0 Å². The molecule has 2 aromatic carbocycles. The van der Waals surface area contributed by atoms with Crippen LogP contribution in [-0.2, 0) is 22.9 Å². The average molecular weight is 372 g/mol. The highest BCUT2D eigenvalue weighted by Gasteiger charge is 2.14. The molecule has 0 radical (unpaired) electrons. The zero-order valence-corrected chi connectivity index (χ0v) is 15.9. The van der Waals surface area contributed by atoms with E-state index in [4.69, 9.17) is 0 Å². The molecule has 0 atom stereocenters. The predicted molar refractivity (Wildman–Crippen MR) is 105 cm³/mol. The van der Waals surface area contributed by atoms with Gasteiger partial charge in [-0.1, -0.05) is 6.07 Å². The van der Waals surface area contributed by atoms with Crippen molar-refractivity contribution in [3.8, 4) is 0 Å². The summed E-state index contributed by atoms with van der Waals surface area (Å²) in [6.45, 7) is 3.40. The molecule has 1 aliphatic carbocycles. The summed E-state index contributed by atoms with van der Waals surface area (Å²) in [5.41, 5.74) is 5.19. The van der Waals surface area contributed by atoms with E-state index in [2.05, 4.69) is 16.1 Å². The maximum Gasteiger partial charge on any atom is 0.255 e. The fourth-order valence-electron chi connectivity index (χ4n) is 3.17. The monoisotopic (exact) mass is 372 g/mol. The lowest BCUT2D eigenvalue weighted by Gasteiger charge is -2.16. The maximum atomic E-state index is 12.5. The Balaban J connectivity index is 1.74. The van der Waals surface area contributed by atoms with Gasteiger partial charge in [-0.2, -0.15) is 0 Å². The molecule has 0 aromatic heterocycles. The third-order valence-electron chi connectivity index (χ3n) is 4.74. The predicted octanol–water partition coefficient (Wildman–Crippen LogP) is 3.89. The van der Waals surface area contributed by atoms with Crippen molar-refractivity contribution >= 4 is 27.3 Å². The zero-order chi connectivity index (χ0) is 18.7. The Morgan fingerprint density at radius 3 is 2.46 bits per heavy atom. The van der Waals surface area contributed by atoms with Crippen molar-refractivity contribution in [2.45, 2.75) is 39.5 Å². The van der Waals surface area contributed by atoms with Crippen LogP contribution in [0.2, 0.25) is 0 Å². The first-order valence-corrected chi connectivity index (χ1v) is 10.6. The first kappa shape index (κ1) is 18.5. The number of rotatable bonds is 5. The van der Waals surface area contributed by atoms with Crippen molar-refractivity contribution in [1.29, 1.82) is 0 Å². The van der Waals surface area contributed by atoms with Crippen molar-refractivity contribution in [3.05, 3.63) is 58.7 Å². The number of hydrogen-bond donors (Lipinski definition) is 2. The lowest BCUT2D eigenvalue weighted by atomic mass is 9.90. The Labute approximate surface area is 154 Å². The highest BCUT2D eigenvalue weighted by atomic mass is 32.2. The van der Waals surface area contributed by atoms with Gasteiger partial charge in [0.15, 0.2) is 0 Å². The normalized spacial score (nSPS) is 13.8. The SMILES string of the molecule is CCS(=O)(=O)Nc1ccc(NC(=O)c2ccc3c(c2)CCCC3)cc1C. The van der Waals surface area contributed by atoms with Crippen LogP contribution < -0.4 is 10.0 Å². The summed E-state index contributed by atoms with van der Waals surface area (Å²) < 4.78 is 26.0. The summed E-state index contributed by atoms with van der Waals surface area (Å²) in [6, 6.07) is 11.1. The molecule has 26 heavy (non-hydrogen) atoms. The number of anilines is 2. The first-order valence-electron chi connectivity index (χ1n) is 8.92. The Bertz CT molecular complexity index is 936. The summed E-state index contributed by atoms with van der Waals surface area (Å²) in [5, 5.41) is 2.89. The van der Waals surface area contributed by atoms with E-state index in [1.807, 2.05) is 19.1 Å². The quantitative estimate of drug-likeness (QED) is 0.836. The molecule has 138 valence electrons. The van der Waals surface area contributed by atoms with Gasteiger partial charge in [-0.3, -0.25) is 9.52 Å². The van der Waals surface area contributed by atoms with Crippen molar-refractivity contribution in [3.63, 3.8) is 0 Å². The van der Waals surface area contributed by atoms with Gasteiger partial charge in [0, 0.05) is 11.3 Å². The number of amides is 1. The minimum atomic E-state index is -3.32. The minimum absolute atomic E-state index is 0.0171. The molecule has 3 rings (SSSR count). The van der Waals surface area contributed by atoms with E-state index in [1.165, 1.54) is 24.0 Å². The molecular formula is C20H24N2O3S. The number of aryl methyl sites for hydroxylation is 3. The van der Waals surface area contributed by atoms with Crippen LogP contribution in [0, 0.1) is 6.92 Å². The summed E-state index contributed by atoms with van der Waals surface area (Å²) in [7, 11) is -3.32. The second kappa shape index (κ2) is 7.50. The van der Waals surface area contributed by atoms with Crippen molar-refractivity contribution < 1.29 is 13.2 Å². The molecule has 0 heterocycles. The number of benzene rings is 2. The molecule has 0 saturated carbocycles. The van der Waals surface area contributed by atoms with Crippen molar-refractivity contribution in [1.82, 2.24) is 0 Å². The van der Waals surface area contributed by atoms with Gasteiger partial charge in [-0.05, 0) is 86.6 Å². The fraction of sp³-hybridized carbons (Fsp3) is 0.350. The summed E-state index contributed by atoms with van der Waals surface area (Å²) >= 11 is 0. The second-order valence-electron chi connectivity index (χ2n) is 6.68. The Hall–Kier alpha value is -2.34. The van der Waals surface area contributed by atoms with Crippen LogP contribution in [-0.4, -0.2) is 20.1 Å². The number of carbonyl (C=O) groups is 1. The molecular weight excluding hydrogens is 348 g/mol. The molecule has 0 bridgehead atoms. The van der Waals surface area contributed by atoms with Crippen LogP contribution in [0.1, 0.15) is 46.8 Å². The highest BCUT2D eigenvalue weighted by Crippen LogP contribution is 2.24. The van der Waals surface area contributed by atoms with E-state index in [0.717, 1.165) is 18.4 Å². The molecule has 2 aromatic rings. The molecule has 2 N–H and O–H groups in total. The lowest BCUT2D eigenvalue weighted by molar-refractivity contribution is 0.102. The van der Waals surface area contributed by atoms with Crippen molar-refractivity contribution in [2.24, 2.45) is 0 Å². The fourth-order valence-corrected chi connectivity index (χ4v) is 3.88. The summed E-state index contributed by atoms with van der Waals surface area (Å²) in [4.78, 5) is 12.5. The topological polar surface area (TPSA) is 75.3 Å². The Kier molecular flexibility index (Phi) is 5.32. The van der Waals surface area contributed by atoms with E-state index in [9.17, 15) is 13.2 Å². The van der Waals surface area contributed by atoms with E-state index in [1.54, 1.807) is 25.1 Å². The molecule has 0 fully saturated rings. The van der Waals surface area contributed by atoms with E-state index >= 15 is 0 Å². The largest absolute Gasteiger partial charge is 0.322 e. The van der Waals surface area contributed by atoms with Crippen LogP contribution >= 0.6 is 0 Å². The summed E-state index contributed by atoms with van der Waals surface area (Å²) in [5.74, 6) is -0.136. The Morgan fingerprint density at radius 2 is 1.77 bits per heavy atom. The van der Waals surface area contributed by atoms with Gasteiger partial charge in [0.2, 0.25) is 10.0 Å². The van der Waals surface area contributed by atoms with Gasteiger partial charge in [0.1, 0.15) is 0 Å². The molecule has 1 aliphatic rings. The number of hydrogen-bond acceptors (Lipinski definition) is 3. The minimum Gasteiger partial charge on any atom is -0.322 e. The standard InChI is InChI=1S/C20H24N2O3S/c1-3-26(24,25)22-19-11-10-18(12-14(19)2)21-20(23)17-9-8-15-6-4-5-7-16(15)13-17/h8-13,22H,3-7H2,1-2H3,(H,21,23). The molecule has 0 saturated heterocycles. The third-order valence-corrected chi connectivity index (χ3v) is 6.03. The van der Waals surface area contributed by atoms with E-state index < -0.39 is 10.0 Å². The second-order valence-corrected chi connectivity index (χ2v) is 8.69. The lowest BCUT2D eigenvalue weighted by Crippen LogP contribution is -2.16. The average Bonchev–Trinajstić information content (AvgIpc) is 2.63. The molecule has 0 spiro atoms.